The molecule has 1 saturated carbocycles. The van der Waals surface area contributed by atoms with Crippen molar-refractivity contribution in [2.24, 2.45) is 11.7 Å². The first-order valence-electron chi connectivity index (χ1n) is 8.47. The molecule has 1 aromatic rings. The third-order valence-electron chi connectivity index (χ3n) is 4.28. The van der Waals surface area contributed by atoms with Crippen LogP contribution in [0.2, 0.25) is 0 Å². The van der Waals surface area contributed by atoms with Crippen LogP contribution >= 0.6 is 0 Å². The zero-order valence-corrected chi connectivity index (χ0v) is 14.7. The monoisotopic (exact) mass is 333 g/mol. The van der Waals surface area contributed by atoms with Crippen molar-refractivity contribution in [1.82, 2.24) is 4.90 Å². The highest BCUT2D eigenvalue weighted by molar-refractivity contribution is 5.98. The van der Waals surface area contributed by atoms with Gasteiger partial charge in [0.15, 0.2) is 0 Å². The molecule has 0 heterocycles. The zero-order chi connectivity index (χ0) is 17.7. The van der Waals surface area contributed by atoms with Gasteiger partial charge in [0.25, 0.3) is 5.91 Å². The number of carbonyl (C=O) groups is 2. The highest BCUT2D eigenvalue weighted by Gasteiger charge is 2.26. The molecule has 6 nitrogen and oxygen atoms in total. The lowest BCUT2D eigenvalue weighted by atomic mass is 9.85. The Hall–Kier alpha value is -2.08. The number of hydrogen-bond acceptors (Lipinski definition) is 4. The smallest absolute Gasteiger partial charge is 0.253 e. The van der Waals surface area contributed by atoms with Crippen LogP contribution in [-0.4, -0.2) is 43.5 Å². The minimum absolute atomic E-state index is 0.0550. The molecule has 1 aliphatic rings. The number of hydrogen-bond donors (Lipinski definition) is 2. The molecular weight excluding hydrogens is 306 g/mol. The summed E-state index contributed by atoms with van der Waals surface area (Å²) in [6.07, 6.45) is 3.49. The molecule has 0 saturated heterocycles. The van der Waals surface area contributed by atoms with E-state index < -0.39 is 0 Å². The zero-order valence-electron chi connectivity index (χ0n) is 14.7. The number of nitrogens with zero attached hydrogens (tertiary/aromatic N) is 1. The van der Waals surface area contributed by atoms with Crippen molar-refractivity contribution >= 4 is 17.5 Å². The number of ether oxygens (including phenoxy) is 1. The van der Waals surface area contributed by atoms with E-state index in [0.717, 1.165) is 19.3 Å². The van der Waals surface area contributed by atoms with E-state index in [9.17, 15) is 9.59 Å². The first kappa shape index (κ1) is 18.3. The van der Waals surface area contributed by atoms with E-state index in [2.05, 4.69) is 5.32 Å². The Morgan fingerprint density at radius 3 is 2.71 bits per heavy atom. The van der Waals surface area contributed by atoms with E-state index in [1.807, 2.05) is 6.92 Å². The summed E-state index contributed by atoms with van der Waals surface area (Å²) in [5, 5.41) is 2.93. The Balaban J connectivity index is 2.20. The van der Waals surface area contributed by atoms with Crippen molar-refractivity contribution in [2.45, 2.75) is 38.6 Å². The van der Waals surface area contributed by atoms with Crippen LogP contribution in [-0.2, 0) is 4.79 Å². The normalized spacial score (nSPS) is 20.3. The van der Waals surface area contributed by atoms with Gasteiger partial charge in [0.05, 0.1) is 12.3 Å². The van der Waals surface area contributed by atoms with E-state index in [1.165, 1.54) is 4.90 Å². The molecule has 0 aromatic heterocycles. The molecule has 2 amide bonds. The van der Waals surface area contributed by atoms with Crippen molar-refractivity contribution in [2.75, 3.05) is 26.0 Å². The third kappa shape index (κ3) is 4.47. The Kier molecular flexibility index (Phi) is 6.20. The first-order valence-corrected chi connectivity index (χ1v) is 8.47. The summed E-state index contributed by atoms with van der Waals surface area (Å²) < 4.78 is 5.58. The Labute approximate surface area is 143 Å². The minimum atomic E-state index is -0.117. The molecule has 0 spiro atoms. The van der Waals surface area contributed by atoms with E-state index in [0.29, 0.717) is 30.0 Å². The van der Waals surface area contributed by atoms with Gasteiger partial charge in [-0.05, 0) is 44.4 Å². The lowest BCUT2D eigenvalue weighted by Crippen LogP contribution is -2.34. The Bertz CT molecular complexity index is 601. The molecule has 0 radical (unpaired) electrons. The summed E-state index contributed by atoms with van der Waals surface area (Å²) in [4.78, 5) is 26.2. The van der Waals surface area contributed by atoms with Crippen molar-refractivity contribution in [3.05, 3.63) is 23.8 Å². The van der Waals surface area contributed by atoms with Crippen LogP contribution in [0.4, 0.5) is 5.69 Å². The second-order valence-electron chi connectivity index (χ2n) is 6.46. The van der Waals surface area contributed by atoms with Gasteiger partial charge in [-0.25, -0.2) is 0 Å². The van der Waals surface area contributed by atoms with Gasteiger partial charge in [-0.3, -0.25) is 9.59 Å². The van der Waals surface area contributed by atoms with Gasteiger partial charge in [-0.15, -0.1) is 0 Å². The van der Waals surface area contributed by atoms with E-state index in [-0.39, 0.29) is 23.8 Å². The molecule has 1 aromatic carbocycles. The topological polar surface area (TPSA) is 84.7 Å². The predicted molar refractivity (Wildman–Crippen MR) is 94.2 cm³/mol. The van der Waals surface area contributed by atoms with Gasteiger partial charge in [0, 0.05) is 31.6 Å². The minimum Gasteiger partial charge on any atom is -0.492 e. The highest BCUT2D eigenvalue weighted by Crippen LogP contribution is 2.29. The number of nitrogens with one attached hydrogen (secondary N) is 1. The first-order chi connectivity index (χ1) is 11.4. The average molecular weight is 333 g/mol. The number of benzene rings is 1. The summed E-state index contributed by atoms with van der Waals surface area (Å²) >= 11 is 0. The Morgan fingerprint density at radius 1 is 1.33 bits per heavy atom. The number of carbonyl (C=O) groups excluding carboxylic acids is 2. The van der Waals surface area contributed by atoms with E-state index in [4.69, 9.17) is 10.5 Å². The van der Waals surface area contributed by atoms with Crippen LogP contribution in [0, 0.1) is 5.92 Å². The molecule has 132 valence electrons. The number of amides is 2. The fourth-order valence-electron chi connectivity index (χ4n) is 3.00. The fourth-order valence-corrected chi connectivity index (χ4v) is 3.00. The molecular formula is C18H27N3O3. The second kappa shape index (κ2) is 8.15. The van der Waals surface area contributed by atoms with Crippen molar-refractivity contribution < 1.29 is 14.3 Å². The van der Waals surface area contributed by atoms with Crippen molar-refractivity contribution in [1.29, 1.82) is 0 Å². The molecule has 3 N–H and O–H groups in total. The average Bonchev–Trinajstić information content (AvgIpc) is 2.55. The largest absolute Gasteiger partial charge is 0.492 e. The van der Waals surface area contributed by atoms with Gasteiger partial charge in [0.2, 0.25) is 5.91 Å². The number of nitrogens with two attached hydrogens (primary N) is 1. The predicted octanol–water partition coefficient (Wildman–Crippen LogP) is 2.24. The van der Waals surface area contributed by atoms with Gasteiger partial charge in [-0.1, -0.05) is 6.42 Å². The van der Waals surface area contributed by atoms with Gasteiger partial charge < -0.3 is 20.7 Å². The standard InChI is InChI=1S/C18H27N3O3/c1-4-24-16-9-8-13(18(23)21(2)3)11-15(16)20-17(22)12-6-5-7-14(19)10-12/h8-9,11-12,14H,4-7,10,19H2,1-3H3,(H,20,22). The van der Waals surface area contributed by atoms with Crippen LogP contribution in [0.3, 0.4) is 0 Å². The van der Waals surface area contributed by atoms with E-state index >= 15 is 0 Å². The van der Waals surface area contributed by atoms with Crippen molar-refractivity contribution in [3.63, 3.8) is 0 Å². The number of rotatable bonds is 5. The lowest BCUT2D eigenvalue weighted by molar-refractivity contribution is -0.120. The SMILES string of the molecule is CCOc1ccc(C(=O)N(C)C)cc1NC(=O)C1CCCC(N)C1. The molecule has 2 unspecified atom stereocenters. The summed E-state index contributed by atoms with van der Waals surface area (Å²) in [6, 6.07) is 5.19. The van der Waals surface area contributed by atoms with Gasteiger partial charge >= 0.3 is 0 Å². The summed E-state index contributed by atoms with van der Waals surface area (Å²) in [7, 11) is 3.39. The fraction of sp³-hybridized carbons (Fsp3) is 0.556. The summed E-state index contributed by atoms with van der Waals surface area (Å²) in [6.45, 7) is 2.36. The van der Waals surface area contributed by atoms with Crippen LogP contribution < -0.4 is 15.8 Å². The van der Waals surface area contributed by atoms with Crippen LogP contribution in [0.5, 0.6) is 5.75 Å². The molecule has 0 aliphatic heterocycles. The second-order valence-corrected chi connectivity index (χ2v) is 6.46. The maximum atomic E-state index is 12.6. The molecule has 0 bridgehead atoms. The van der Waals surface area contributed by atoms with E-state index in [1.54, 1.807) is 32.3 Å². The molecule has 1 aliphatic carbocycles. The molecule has 2 atom stereocenters. The summed E-state index contributed by atoms with van der Waals surface area (Å²) in [5.41, 5.74) is 7.03. The third-order valence-corrected chi connectivity index (χ3v) is 4.28. The maximum absolute atomic E-state index is 12.6. The highest BCUT2D eigenvalue weighted by atomic mass is 16.5. The van der Waals surface area contributed by atoms with Gasteiger partial charge in [-0.2, -0.15) is 0 Å². The molecule has 1 fully saturated rings. The van der Waals surface area contributed by atoms with Crippen LogP contribution in [0.25, 0.3) is 0 Å². The van der Waals surface area contributed by atoms with Gasteiger partial charge in [0.1, 0.15) is 5.75 Å². The maximum Gasteiger partial charge on any atom is 0.253 e. The van der Waals surface area contributed by atoms with Crippen LogP contribution in [0.15, 0.2) is 18.2 Å². The number of anilines is 1. The summed E-state index contributed by atoms with van der Waals surface area (Å²) in [5.74, 6) is 0.312. The molecule has 6 heteroatoms. The molecule has 2 rings (SSSR count). The molecule has 24 heavy (non-hydrogen) atoms. The van der Waals surface area contributed by atoms with Crippen molar-refractivity contribution in [3.8, 4) is 5.75 Å². The van der Waals surface area contributed by atoms with Crippen LogP contribution in [0.1, 0.15) is 43.0 Å². The Morgan fingerprint density at radius 2 is 2.08 bits per heavy atom. The lowest BCUT2D eigenvalue weighted by Gasteiger charge is -2.26. The quantitative estimate of drug-likeness (QED) is 0.865.